The topological polar surface area (TPSA) is 76.2 Å². The molecule has 0 unspecified atom stereocenters. The molecule has 0 fully saturated rings. The molecule has 5 nitrogen and oxygen atoms in total. The van der Waals surface area contributed by atoms with Crippen LogP contribution in [0.3, 0.4) is 0 Å². The summed E-state index contributed by atoms with van der Waals surface area (Å²) in [5.74, 6) is 0.378. The lowest BCUT2D eigenvalue weighted by Crippen LogP contribution is -1.95. The molecule has 0 atom stereocenters. The van der Waals surface area contributed by atoms with Crippen molar-refractivity contribution in [1.82, 2.24) is 10.2 Å². The minimum Gasteiger partial charge on any atom is -0.478 e. The van der Waals surface area contributed by atoms with E-state index in [0.717, 1.165) is 12.0 Å². The number of hydrogen-bond acceptors (Lipinski definition) is 5. The molecule has 1 aromatic carbocycles. The van der Waals surface area contributed by atoms with Gasteiger partial charge in [-0.3, -0.25) is 0 Å². The fraction of sp³-hybridized carbons (Fsp3) is 0.250. The first-order chi connectivity index (χ1) is 8.69. The van der Waals surface area contributed by atoms with E-state index in [4.69, 9.17) is 9.52 Å². The van der Waals surface area contributed by atoms with Gasteiger partial charge in [-0.2, -0.15) is 0 Å². The zero-order chi connectivity index (χ0) is 13.0. The molecule has 1 aromatic heterocycles. The number of rotatable bonds is 5. The summed E-state index contributed by atoms with van der Waals surface area (Å²) in [4.78, 5) is 10.7. The minimum atomic E-state index is -0.918. The van der Waals surface area contributed by atoms with Gasteiger partial charge in [-0.1, -0.05) is 30.8 Å². The molecule has 0 radical (unpaired) electrons. The zero-order valence-electron chi connectivity index (χ0n) is 9.79. The molecule has 94 valence electrons. The highest BCUT2D eigenvalue weighted by molar-refractivity contribution is 7.98. The number of carboxylic acids is 1. The van der Waals surface area contributed by atoms with E-state index in [1.54, 1.807) is 24.3 Å². The Morgan fingerprint density at radius 1 is 1.33 bits per heavy atom. The second-order valence-corrected chi connectivity index (χ2v) is 4.53. The molecule has 0 saturated heterocycles. The number of carboxylic acid groups (broad SMARTS) is 1. The number of benzene rings is 1. The number of aromatic nitrogens is 2. The third kappa shape index (κ3) is 3.10. The van der Waals surface area contributed by atoms with Gasteiger partial charge in [0.1, 0.15) is 0 Å². The summed E-state index contributed by atoms with van der Waals surface area (Å²) in [7, 11) is 0. The maximum atomic E-state index is 10.7. The first-order valence-corrected chi connectivity index (χ1v) is 6.45. The van der Waals surface area contributed by atoms with Crippen LogP contribution in [0.1, 0.15) is 28.7 Å². The molecule has 0 aliphatic rings. The van der Waals surface area contributed by atoms with E-state index in [-0.39, 0.29) is 5.56 Å². The Morgan fingerprint density at radius 3 is 2.61 bits per heavy atom. The first-order valence-electron chi connectivity index (χ1n) is 5.46. The SMILES string of the molecule is CCc1nnc(SCc2ccc(C(=O)O)cc2)o1. The highest BCUT2D eigenvalue weighted by Crippen LogP contribution is 2.21. The lowest BCUT2D eigenvalue weighted by atomic mass is 10.1. The summed E-state index contributed by atoms with van der Waals surface area (Å²) >= 11 is 1.44. The zero-order valence-corrected chi connectivity index (χ0v) is 10.6. The van der Waals surface area contributed by atoms with Crippen LogP contribution >= 0.6 is 11.8 Å². The summed E-state index contributed by atoms with van der Waals surface area (Å²) in [6.45, 7) is 1.95. The standard InChI is InChI=1S/C12H12N2O3S/c1-2-10-13-14-12(17-10)18-7-8-3-5-9(6-4-8)11(15)16/h3-6H,2,7H2,1H3,(H,15,16). The van der Waals surface area contributed by atoms with Crippen LogP contribution in [-0.2, 0) is 12.2 Å². The Balaban J connectivity index is 1.95. The van der Waals surface area contributed by atoms with Gasteiger partial charge < -0.3 is 9.52 Å². The fourth-order valence-electron chi connectivity index (χ4n) is 1.33. The lowest BCUT2D eigenvalue weighted by molar-refractivity contribution is 0.0697. The van der Waals surface area contributed by atoms with Gasteiger partial charge in [0.25, 0.3) is 5.22 Å². The molecule has 6 heteroatoms. The van der Waals surface area contributed by atoms with E-state index in [9.17, 15) is 4.79 Å². The maximum absolute atomic E-state index is 10.7. The van der Waals surface area contributed by atoms with Crippen LogP contribution in [0.2, 0.25) is 0 Å². The number of carbonyl (C=O) groups is 1. The van der Waals surface area contributed by atoms with Crippen LogP contribution in [0.15, 0.2) is 33.9 Å². The van der Waals surface area contributed by atoms with E-state index >= 15 is 0 Å². The van der Waals surface area contributed by atoms with Crippen molar-refractivity contribution in [3.63, 3.8) is 0 Å². The molecule has 0 aliphatic heterocycles. The van der Waals surface area contributed by atoms with Gasteiger partial charge in [-0.05, 0) is 17.7 Å². The molecule has 1 N–H and O–H groups in total. The molecular weight excluding hydrogens is 252 g/mol. The van der Waals surface area contributed by atoms with Gasteiger partial charge >= 0.3 is 5.97 Å². The molecule has 0 bridgehead atoms. The van der Waals surface area contributed by atoms with E-state index < -0.39 is 5.97 Å². The molecule has 1 heterocycles. The molecule has 0 amide bonds. The third-order valence-corrected chi connectivity index (χ3v) is 3.20. The lowest BCUT2D eigenvalue weighted by Gasteiger charge is -1.99. The van der Waals surface area contributed by atoms with Crippen LogP contribution in [0.5, 0.6) is 0 Å². The molecule has 2 aromatic rings. The molecular formula is C12H12N2O3S. The van der Waals surface area contributed by atoms with E-state index in [2.05, 4.69) is 10.2 Å². The molecule has 0 spiro atoms. The number of hydrogen-bond donors (Lipinski definition) is 1. The summed E-state index contributed by atoms with van der Waals surface area (Å²) in [6, 6.07) is 6.74. The van der Waals surface area contributed by atoms with E-state index in [1.807, 2.05) is 6.92 Å². The van der Waals surface area contributed by atoms with Crippen molar-refractivity contribution in [2.45, 2.75) is 24.3 Å². The Kier molecular flexibility index (Phi) is 3.99. The van der Waals surface area contributed by atoms with Gasteiger partial charge in [0.05, 0.1) is 5.56 Å². The van der Waals surface area contributed by atoms with Crippen molar-refractivity contribution in [2.75, 3.05) is 0 Å². The summed E-state index contributed by atoms with van der Waals surface area (Å²) in [5, 5.41) is 17.1. The second-order valence-electron chi connectivity index (χ2n) is 3.61. The van der Waals surface area contributed by atoms with Crippen molar-refractivity contribution >= 4 is 17.7 Å². The molecule has 18 heavy (non-hydrogen) atoms. The highest BCUT2D eigenvalue weighted by Gasteiger charge is 2.06. The van der Waals surface area contributed by atoms with Crippen molar-refractivity contribution in [1.29, 1.82) is 0 Å². The first kappa shape index (κ1) is 12.6. The number of nitrogens with zero attached hydrogens (tertiary/aromatic N) is 2. The predicted molar refractivity (Wildman–Crippen MR) is 66.6 cm³/mol. The third-order valence-electron chi connectivity index (χ3n) is 2.31. The van der Waals surface area contributed by atoms with Crippen LogP contribution < -0.4 is 0 Å². The molecule has 2 rings (SSSR count). The number of aryl methyl sites for hydroxylation is 1. The van der Waals surface area contributed by atoms with E-state index in [1.165, 1.54) is 11.8 Å². The van der Waals surface area contributed by atoms with Gasteiger partial charge in [0.2, 0.25) is 5.89 Å². The van der Waals surface area contributed by atoms with Gasteiger partial charge in [0, 0.05) is 12.2 Å². The van der Waals surface area contributed by atoms with E-state index in [0.29, 0.717) is 16.9 Å². The van der Waals surface area contributed by atoms with Crippen LogP contribution in [-0.4, -0.2) is 21.3 Å². The Bertz CT molecular complexity index is 537. The Morgan fingerprint density at radius 2 is 2.06 bits per heavy atom. The van der Waals surface area contributed by atoms with Crippen LogP contribution in [0.25, 0.3) is 0 Å². The summed E-state index contributed by atoms with van der Waals surface area (Å²) < 4.78 is 5.36. The quantitative estimate of drug-likeness (QED) is 0.836. The average molecular weight is 264 g/mol. The van der Waals surface area contributed by atoms with Crippen molar-refractivity contribution < 1.29 is 14.3 Å². The molecule has 0 saturated carbocycles. The number of thioether (sulfide) groups is 1. The number of aromatic carboxylic acids is 1. The van der Waals surface area contributed by atoms with Gasteiger partial charge in [0.15, 0.2) is 0 Å². The normalized spacial score (nSPS) is 10.5. The maximum Gasteiger partial charge on any atom is 0.335 e. The second kappa shape index (κ2) is 5.68. The smallest absolute Gasteiger partial charge is 0.335 e. The van der Waals surface area contributed by atoms with Crippen LogP contribution in [0.4, 0.5) is 0 Å². The fourth-order valence-corrected chi connectivity index (χ4v) is 2.06. The highest BCUT2D eigenvalue weighted by atomic mass is 32.2. The van der Waals surface area contributed by atoms with Gasteiger partial charge in [-0.25, -0.2) is 4.79 Å². The minimum absolute atomic E-state index is 0.287. The molecule has 0 aliphatic carbocycles. The monoisotopic (exact) mass is 264 g/mol. The Hall–Kier alpha value is -1.82. The van der Waals surface area contributed by atoms with Crippen molar-refractivity contribution in [2.24, 2.45) is 0 Å². The van der Waals surface area contributed by atoms with Crippen molar-refractivity contribution in [3.8, 4) is 0 Å². The summed E-state index contributed by atoms with van der Waals surface area (Å²) in [6.07, 6.45) is 0.723. The van der Waals surface area contributed by atoms with Crippen molar-refractivity contribution in [3.05, 3.63) is 41.3 Å². The average Bonchev–Trinajstić information content (AvgIpc) is 2.85. The largest absolute Gasteiger partial charge is 0.478 e. The Labute approximate surface area is 108 Å². The predicted octanol–water partition coefficient (Wildman–Crippen LogP) is 2.62. The summed E-state index contributed by atoms with van der Waals surface area (Å²) in [5.41, 5.74) is 1.30. The van der Waals surface area contributed by atoms with Gasteiger partial charge in [-0.15, -0.1) is 10.2 Å². The van der Waals surface area contributed by atoms with Crippen LogP contribution in [0, 0.1) is 0 Å².